The SMILES string of the molecule is OCCNc1cnc(-c2nc3ccncc3n2-c2ccc(Cl)cc2)cn1. The van der Waals surface area contributed by atoms with E-state index in [4.69, 9.17) is 21.7 Å². The van der Waals surface area contributed by atoms with Gasteiger partial charge in [0.15, 0.2) is 5.82 Å². The number of hydrogen-bond acceptors (Lipinski definition) is 6. The number of nitrogens with zero attached hydrogens (tertiary/aromatic N) is 5. The zero-order valence-corrected chi connectivity index (χ0v) is 14.4. The molecule has 2 N–H and O–H groups in total. The van der Waals surface area contributed by atoms with Crippen molar-refractivity contribution in [1.29, 1.82) is 0 Å². The lowest BCUT2D eigenvalue weighted by atomic mass is 10.3. The molecule has 0 unspecified atom stereocenters. The van der Waals surface area contributed by atoms with Gasteiger partial charge >= 0.3 is 0 Å². The van der Waals surface area contributed by atoms with Crippen LogP contribution < -0.4 is 5.32 Å². The number of benzene rings is 1. The highest BCUT2D eigenvalue weighted by Crippen LogP contribution is 2.27. The molecule has 0 spiro atoms. The first-order valence-corrected chi connectivity index (χ1v) is 8.39. The van der Waals surface area contributed by atoms with Crippen LogP contribution in [0.5, 0.6) is 0 Å². The Labute approximate surface area is 154 Å². The van der Waals surface area contributed by atoms with Crippen molar-refractivity contribution in [2.45, 2.75) is 0 Å². The molecule has 0 atom stereocenters. The highest BCUT2D eigenvalue weighted by Gasteiger charge is 2.15. The molecule has 1 aromatic carbocycles. The lowest BCUT2D eigenvalue weighted by Crippen LogP contribution is -2.07. The number of aliphatic hydroxyl groups is 1. The number of fused-ring (bicyclic) bond motifs is 1. The van der Waals surface area contributed by atoms with Crippen LogP contribution in [0.25, 0.3) is 28.2 Å². The van der Waals surface area contributed by atoms with E-state index in [1.165, 1.54) is 0 Å². The zero-order chi connectivity index (χ0) is 17.9. The van der Waals surface area contributed by atoms with E-state index in [0.717, 1.165) is 16.7 Å². The lowest BCUT2D eigenvalue weighted by Gasteiger charge is -2.09. The smallest absolute Gasteiger partial charge is 0.166 e. The van der Waals surface area contributed by atoms with E-state index in [9.17, 15) is 0 Å². The summed E-state index contributed by atoms with van der Waals surface area (Å²) in [5.74, 6) is 1.26. The molecule has 0 fully saturated rings. The van der Waals surface area contributed by atoms with E-state index in [1.54, 1.807) is 24.8 Å². The summed E-state index contributed by atoms with van der Waals surface area (Å²) in [5.41, 5.74) is 3.22. The standard InChI is InChI=1S/C18H15ClN6O/c19-12-1-3-13(4-2-12)25-16-10-20-6-5-14(16)24-18(25)15-9-23-17(11-22-15)21-7-8-26/h1-6,9-11,26H,7-8H2,(H,21,23). The van der Waals surface area contributed by atoms with Crippen LogP contribution in [0.1, 0.15) is 0 Å². The maximum atomic E-state index is 8.88. The van der Waals surface area contributed by atoms with Crippen molar-refractivity contribution >= 4 is 28.5 Å². The molecular formula is C18H15ClN6O. The molecule has 26 heavy (non-hydrogen) atoms. The Kier molecular flexibility index (Phi) is 4.47. The summed E-state index contributed by atoms with van der Waals surface area (Å²) in [7, 11) is 0. The number of aliphatic hydroxyl groups excluding tert-OH is 1. The fraction of sp³-hybridized carbons (Fsp3) is 0.111. The topological polar surface area (TPSA) is 88.8 Å². The molecule has 0 saturated heterocycles. The second kappa shape index (κ2) is 7.07. The lowest BCUT2D eigenvalue weighted by molar-refractivity contribution is 0.311. The number of imidazole rings is 1. The Balaban J connectivity index is 1.84. The third-order valence-electron chi connectivity index (χ3n) is 3.84. The normalized spacial score (nSPS) is 11.0. The molecule has 0 saturated carbocycles. The summed E-state index contributed by atoms with van der Waals surface area (Å²) < 4.78 is 1.98. The average Bonchev–Trinajstić information content (AvgIpc) is 3.07. The Morgan fingerprint density at radius 2 is 1.88 bits per heavy atom. The number of pyridine rings is 1. The Hall–Kier alpha value is -3.03. The summed E-state index contributed by atoms with van der Waals surface area (Å²) in [6, 6.07) is 9.36. The summed E-state index contributed by atoms with van der Waals surface area (Å²) in [6.45, 7) is 0.450. The van der Waals surface area contributed by atoms with Crippen LogP contribution in [-0.4, -0.2) is 42.8 Å². The largest absolute Gasteiger partial charge is 0.395 e. The predicted octanol–water partition coefficient (Wildman–Crippen LogP) is 2.94. The minimum Gasteiger partial charge on any atom is -0.395 e. The highest BCUT2D eigenvalue weighted by molar-refractivity contribution is 6.30. The van der Waals surface area contributed by atoms with Crippen LogP contribution in [0, 0.1) is 0 Å². The van der Waals surface area contributed by atoms with Gasteiger partial charge < -0.3 is 10.4 Å². The molecule has 0 aliphatic heterocycles. The first-order chi connectivity index (χ1) is 12.8. The van der Waals surface area contributed by atoms with Crippen LogP contribution in [0.3, 0.4) is 0 Å². The van der Waals surface area contributed by atoms with Gasteiger partial charge in [0.25, 0.3) is 0 Å². The summed E-state index contributed by atoms with van der Waals surface area (Å²) >= 11 is 6.02. The maximum Gasteiger partial charge on any atom is 0.166 e. The first-order valence-electron chi connectivity index (χ1n) is 8.02. The van der Waals surface area contributed by atoms with Gasteiger partial charge in [0.1, 0.15) is 11.5 Å². The summed E-state index contributed by atoms with van der Waals surface area (Å²) in [6.07, 6.45) is 6.75. The molecule has 4 rings (SSSR count). The van der Waals surface area contributed by atoms with Gasteiger partial charge in [0.05, 0.1) is 36.2 Å². The van der Waals surface area contributed by atoms with Crippen LogP contribution in [0.4, 0.5) is 5.82 Å². The zero-order valence-electron chi connectivity index (χ0n) is 13.7. The van der Waals surface area contributed by atoms with Crippen LogP contribution in [0.15, 0.2) is 55.1 Å². The van der Waals surface area contributed by atoms with Crippen LogP contribution in [0.2, 0.25) is 5.02 Å². The van der Waals surface area contributed by atoms with Crippen LogP contribution in [-0.2, 0) is 0 Å². The molecule has 3 heterocycles. The molecule has 0 aliphatic rings. The van der Waals surface area contributed by atoms with E-state index >= 15 is 0 Å². The van der Waals surface area contributed by atoms with Crippen molar-refractivity contribution in [3.05, 3.63) is 60.1 Å². The number of hydrogen-bond donors (Lipinski definition) is 2. The second-order valence-corrected chi connectivity index (χ2v) is 5.99. The average molecular weight is 367 g/mol. The van der Waals surface area contributed by atoms with Gasteiger partial charge in [0, 0.05) is 23.5 Å². The maximum absolute atomic E-state index is 8.88. The minimum atomic E-state index is 0.0305. The number of nitrogens with one attached hydrogen (secondary N) is 1. The molecule has 3 aromatic heterocycles. The van der Waals surface area contributed by atoms with Gasteiger partial charge in [-0.15, -0.1) is 0 Å². The third kappa shape index (κ3) is 3.10. The third-order valence-corrected chi connectivity index (χ3v) is 4.09. The molecule has 0 amide bonds. The Morgan fingerprint density at radius 1 is 1.04 bits per heavy atom. The predicted molar refractivity (Wildman–Crippen MR) is 100 cm³/mol. The Morgan fingerprint density at radius 3 is 2.62 bits per heavy atom. The summed E-state index contributed by atoms with van der Waals surface area (Å²) in [5, 5.41) is 12.5. The van der Waals surface area contributed by atoms with E-state index < -0.39 is 0 Å². The number of aromatic nitrogens is 5. The van der Waals surface area contributed by atoms with Gasteiger partial charge in [-0.1, -0.05) is 11.6 Å². The molecule has 0 radical (unpaired) electrons. The highest BCUT2D eigenvalue weighted by atomic mass is 35.5. The number of anilines is 1. The molecule has 7 nitrogen and oxygen atoms in total. The fourth-order valence-electron chi connectivity index (χ4n) is 2.67. The van der Waals surface area contributed by atoms with Gasteiger partial charge in [-0.25, -0.2) is 15.0 Å². The molecule has 4 aromatic rings. The second-order valence-electron chi connectivity index (χ2n) is 5.55. The van der Waals surface area contributed by atoms with Crippen molar-refractivity contribution in [3.8, 4) is 17.2 Å². The van der Waals surface area contributed by atoms with Gasteiger partial charge in [-0.05, 0) is 30.3 Å². The van der Waals surface area contributed by atoms with Gasteiger partial charge in [-0.2, -0.15) is 0 Å². The Bertz CT molecular complexity index is 1030. The van der Waals surface area contributed by atoms with E-state index in [0.29, 0.717) is 28.9 Å². The molecule has 0 aliphatic carbocycles. The molecule has 0 bridgehead atoms. The monoisotopic (exact) mass is 366 g/mol. The minimum absolute atomic E-state index is 0.0305. The molecule has 130 valence electrons. The van der Waals surface area contributed by atoms with Crippen molar-refractivity contribution in [3.63, 3.8) is 0 Å². The van der Waals surface area contributed by atoms with E-state index in [2.05, 4.69) is 20.3 Å². The van der Waals surface area contributed by atoms with Crippen LogP contribution >= 0.6 is 11.6 Å². The van der Waals surface area contributed by atoms with Crippen molar-refractivity contribution in [2.75, 3.05) is 18.5 Å². The number of halogens is 1. The fourth-order valence-corrected chi connectivity index (χ4v) is 2.79. The summed E-state index contributed by atoms with van der Waals surface area (Å²) in [4.78, 5) is 17.7. The van der Waals surface area contributed by atoms with E-state index in [-0.39, 0.29) is 6.61 Å². The number of rotatable bonds is 5. The van der Waals surface area contributed by atoms with Crippen molar-refractivity contribution in [1.82, 2.24) is 24.5 Å². The van der Waals surface area contributed by atoms with E-state index in [1.807, 2.05) is 34.9 Å². The first kappa shape index (κ1) is 16.4. The van der Waals surface area contributed by atoms with Crippen molar-refractivity contribution < 1.29 is 5.11 Å². The quantitative estimate of drug-likeness (QED) is 0.564. The molecular weight excluding hydrogens is 352 g/mol. The van der Waals surface area contributed by atoms with Gasteiger partial charge in [0.2, 0.25) is 0 Å². The van der Waals surface area contributed by atoms with Crippen molar-refractivity contribution in [2.24, 2.45) is 0 Å². The molecule has 8 heteroatoms. The van der Waals surface area contributed by atoms with Gasteiger partial charge in [-0.3, -0.25) is 9.55 Å².